The van der Waals surface area contributed by atoms with Crippen molar-refractivity contribution in [1.29, 1.82) is 0 Å². The minimum absolute atomic E-state index is 0.0294. The molecule has 1 heterocycles. The maximum atomic E-state index is 13.1. The minimum atomic E-state index is -0.534. The third kappa shape index (κ3) is 2.56. The van der Waals surface area contributed by atoms with Crippen LogP contribution in [0.2, 0.25) is 5.02 Å². The maximum Gasteiger partial charge on any atom is 0.261 e. The van der Waals surface area contributed by atoms with Crippen molar-refractivity contribution in [2.45, 2.75) is 24.0 Å². The van der Waals surface area contributed by atoms with E-state index in [4.69, 9.17) is 21.8 Å². The largest absolute Gasteiger partial charge is 0.436 e. The fourth-order valence-corrected chi connectivity index (χ4v) is 2.33. The fraction of sp³-hybridized carbons (Fsp3) is 0.182. The number of halogens is 2. The third-order valence-electron chi connectivity index (χ3n) is 2.26. The zero-order chi connectivity index (χ0) is 12.6. The number of aromatic nitrogens is 1. The van der Waals surface area contributed by atoms with E-state index in [1.54, 1.807) is 0 Å². The molecule has 17 heavy (non-hydrogen) atoms. The van der Waals surface area contributed by atoms with Gasteiger partial charge in [-0.3, -0.25) is 0 Å². The molecule has 3 nitrogen and oxygen atoms in total. The molecule has 0 spiro atoms. The minimum Gasteiger partial charge on any atom is -0.436 e. The average Bonchev–Trinajstić information content (AvgIpc) is 2.55. The van der Waals surface area contributed by atoms with E-state index in [0.717, 1.165) is 11.5 Å². The SMILES string of the molecule is Cc1nc(Sc2cc(Cl)c(F)cc2N)oc1C. The molecule has 0 radical (unpaired) electrons. The van der Waals surface area contributed by atoms with Gasteiger partial charge >= 0.3 is 0 Å². The highest BCUT2D eigenvalue weighted by Crippen LogP contribution is 2.35. The van der Waals surface area contributed by atoms with E-state index in [2.05, 4.69) is 4.98 Å². The quantitative estimate of drug-likeness (QED) is 0.845. The van der Waals surface area contributed by atoms with Crippen molar-refractivity contribution < 1.29 is 8.81 Å². The third-order valence-corrected chi connectivity index (χ3v) is 3.47. The zero-order valence-corrected chi connectivity index (χ0v) is 10.8. The van der Waals surface area contributed by atoms with Gasteiger partial charge in [0.1, 0.15) is 11.6 Å². The van der Waals surface area contributed by atoms with Crippen molar-refractivity contribution in [3.05, 3.63) is 34.4 Å². The van der Waals surface area contributed by atoms with Crippen LogP contribution < -0.4 is 5.73 Å². The van der Waals surface area contributed by atoms with Crippen molar-refractivity contribution in [1.82, 2.24) is 4.98 Å². The summed E-state index contributed by atoms with van der Waals surface area (Å²) in [5, 5.41) is 0.496. The Kier molecular flexibility index (Phi) is 3.31. The number of benzene rings is 1. The van der Waals surface area contributed by atoms with E-state index in [1.807, 2.05) is 13.8 Å². The second-order valence-corrected chi connectivity index (χ2v) is 4.93. The number of rotatable bonds is 2. The van der Waals surface area contributed by atoms with Crippen LogP contribution in [0.25, 0.3) is 0 Å². The van der Waals surface area contributed by atoms with E-state index >= 15 is 0 Å². The number of nitrogens with two attached hydrogens (primary N) is 1. The standard InChI is InChI=1S/C11H10ClFN2OS/c1-5-6(2)16-11(15-5)17-10-3-7(12)8(13)4-9(10)14/h3-4H,14H2,1-2H3. The molecule has 0 saturated heterocycles. The average molecular weight is 273 g/mol. The maximum absolute atomic E-state index is 13.1. The highest BCUT2D eigenvalue weighted by atomic mass is 35.5. The van der Waals surface area contributed by atoms with Crippen LogP contribution in [0, 0.1) is 19.7 Å². The van der Waals surface area contributed by atoms with E-state index in [9.17, 15) is 4.39 Å². The van der Waals surface area contributed by atoms with Crippen LogP contribution in [0.1, 0.15) is 11.5 Å². The Labute approximate surface area is 107 Å². The van der Waals surface area contributed by atoms with Gasteiger partial charge in [-0.25, -0.2) is 9.37 Å². The van der Waals surface area contributed by atoms with Crippen LogP contribution in [-0.4, -0.2) is 4.98 Å². The van der Waals surface area contributed by atoms with Gasteiger partial charge in [-0.2, -0.15) is 0 Å². The Balaban J connectivity index is 2.33. The molecule has 0 aliphatic heterocycles. The predicted molar refractivity (Wildman–Crippen MR) is 65.9 cm³/mol. The monoisotopic (exact) mass is 272 g/mol. The molecule has 0 unspecified atom stereocenters. The number of nitrogen functional groups attached to an aromatic ring is 1. The van der Waals surface area contributed by atoms with Crippen molar-refractivity contribution in [2.75, 3.05) is 5.73 Å². The number of aryl methyl sites for hydroxylation is 2. The van der Waals surface area contributed by atoms with Crippen LogP contribution >= 0.6 is 23.4 Å². The Morgan fingerprint density at radius 1 is 1.41 bits per heavy atom. The molecule has 0 fully saturated rings. The van der Waals surface area contributed by atoms with Gasteiger partial charge in [-0.15, -0.1) is 0 Å². The van der Waals surface area contributed by atoms with Crippen LogP contribution in [0.4, 0.5) is 10.1 Å². The summed E-state index contributed by atoms with van der Waals surface area (Å²) in [4.78, 5) is 4.83. The highest BCUT2D eigenvalue weighted by Gasteiger charge is 2.12. The van der Waals surface area contributed by atoms with Crippen molar-refractivity contribution in [3.63, 3.8) is 0 Å². The molecule has 6 heteroatoms. The Bertz CT molecular complexity index is 551. The molecule has 0 amide bonds. The number of oxazole rings is 1. The van der Waals surface area contributed by atoms with Gasteiger partial charge in [0.15, 0.2) is 0 Å². The first-order valence-corrected chi connectivity index (χ1v) is 6.03. The van der Waals surface area contributed by atoms with E-state index in [-0.39, 0.29) is 5.02 Å². The first-order chi connectivity index (χ1) is 7.97. The van der Waals surface area contributed by atoms with Crippen molar-refractivity contribution in [2.24, 2.45) is 0 Å². The van der Waals surface area contributed by atoms with E-state index < -0.39 is 5.82 Å². The number of nitrogens with zero attached hydrogens (tertiary/aromatic N) is 1. The number of hydrogen-bond donors (Lipinski definition) is 1. The van der Waals surface area contributed by atoms with E-state index in [0.29, 0.717) is 15.8 Å². The fourth-order valence-electron chi connectivity index (χ4n) is 1.21. The summed E-state index contributed by atoms with van der Waals surface area (Å²) < 4.78 is 18.5. The molecule has 2 aromatic rings. The van der Waals surface area contributed by atoms with Crippen LogP contribution in [0.5, 0.6) is 0 Å². The van der Waals surface area contributed by atoms with E-state index in [1.165, 1.54) is 23.9 Å². The number of hydrogen-bond acceptors (Lipinski definition) is 4. The van der Waals surface area contributed by atoms with Crippen molar-refractivity contribution >= 4 is 29.1 Å². The molecule has 0 saturated carbocycles. The van der Waals surface area contributed by atoms with Crippen LogP contribution in [0.3, 0.4) is 0 Å². The molecule has 0 atom stereocenters. The molecule has 0 aliphatic rings. The molecule has 0 aliphatic carbocycles. The lowest BCUT2D eigenvalue weighted by Gasteiger charge is -2.03. The van der Waals surface area contributed by atoms with Gasteiger partial charge in [0.25, 0.3) is 5.22 Å². The van der Waals surface area contributed by atoms with Crippen LogP contribution in [-0.2, 0) is 0 Å². The molecule has 90 valence electrons. The molecule has 1 aromatic carbocycles. The van der Waals surface area contributed by atoms with Gasteiger partial charge in [0.05, 0.1) is 10.7 Å². The predicted octanol–water partition coefficient (Wildman–Crippen LogP) is 3.82. The van der Waals surface area contributed by atoms with Gasteiger partial charge in [0, 0.05) is 10.6 Å². The second-order valence-electron chi connectivity index (χ2n) is 3.53. The lowest BCUT2D eigenvalue weighted by atomic mass is 10.3. The van der Waals surface area contributed by atoms with Crippen LogP contribution in [0.15, 0.2) is 26.7 Å². The van der Waals surface area contributed by atoms with Crippen molar-refractivity contribution in [3.8, 4) is 0 Å². The molecule has 0 bridgehead atoms. The molecule has 2 rings (SSSR count). The Morgan fingerprint density at radius 3 is 2.71 bits per heavy atom. The lowest BCUT2D eigenvalue weighted by molar-refractivity contribution is 0.431. The summed E-state index contributed by atoms with van der Waals surface area (Å²) in [6.45, 7) is 3.68. The summed E-state index contributed by atoms with van der Waals surface area (Å²) in [5.74, 6) is 0.215. The smallest absolute Gasteiger partial charge is 0.261 e. The lowest BCUT2D eigenvalue weighted by Crippen LogP contribution is -1.91. The van der Waals surface area contributed by atoms with Gasteiger partial charge in [-0.05, 0) is 37.7 Å². The number of anilines is 1. The topological polar surface area (TPSA) is 52.0 Å². The summed E-state index contributed by atoms with van der Waals surface area (Å²) in [6.07, 6.45) is 0. The summed E-state index contributed by atoms with van der Waals surface area (Å²) >= 11 is 6.91. The summed E-state index contributed by atoms with van der Waals surface area (Å²) in [7, 11) is 0. The molecular formula is C11H10ClFN2OS. The molecule has 1 aromatic heterocycles. The first-order valence-electron chi connectivity index (χ1n) is 4.84. The zero-order valence-electron chi connectivity index (χ0n) is 9.25. The Morgan fingerprint density at radius 2 is 2.12 bits per heavy atom. The van der Waals surface area contributed by atoms with Gasteiger partial charge in [0.2, 0.25) is 0 Å². The first kappa shape index (κ1) is 12.3. The summed E-state index contributed by atoms with van der Waals surface area (Å²) in [6, 6.07) is 2.65. The van der Waals surface area contributed by atoms with Gasteiger partial charge in [-0.1, -0.05) is 11.6 Å². The second kappa shape index (κ2) is 4.58. The highest BCUT2D eigenvalue weighted by molar-refractivity contribution is 7.99. The normalized spacial score (nSPS) is 10.8. The summed E-state index contributed by atoms with van der Waals surface area (Å²) in [5.41, 5.74) is 6.82. The Hall–Kier alpha value is -1.20. The molecule has 2 N–H and O–H groups in total. The molecular weight excluding hydrogens is 263 g/mol. The van der Waals surface area contributed by atoms with Gasteiger partial charge < -0.3 is 10.2 Å².